The molecule has 0 N–H and O–H groups in total. The lowest BCUT2D eigenvalue weighted by Crippen LogP contribution is -1.99. The number of hydrogen-bond donors (Lipinski definition) is 0. The minimum Gasteiger partial charge on any atom is -0.295 e. The Bertz CT molecular complexity index is 347. The summed E-state index contributed by atoms with van der Waals surface area (Å²) in [6.45, 7) is 1.62. The Morgan fingerprint density at radius 3 is 2.62 bits per heavy atom. The third kappa shape index (κ3) is 1.92. The zero-order chi connectivity index (χ0) is 9.26. The molecule has 0 bridgehead atoms. The van der Waals surface area contributed by atoms with Crippen LogP contribution in [0.4, 0.5) is 0 Å². The van der Waals surface area contributed by atoms with Gasteiger partial charge in [0, 0.05) is 17.1 Å². The molecule has 3 heteroatoms. The van der Waals surface area contributed by atoms with Crippen molar-refractivity contribution in [3.8, 4) is 0 Å². The molecule has 1 nitrogen and oxygen atoms in total. The summed E-state index contributed by atoms with van der Waals surface area (Å²) in [6, 6.07) is 6.04. The Balaban J connectivity index is 2.40. The highest BCUT2D eigenvalue weighted by Gasteiger charge is 2.11. The fourth-order valence-corrected chi connectivity index (χ4v) is 3.56. The van der Waals surface area contributed by atoms with Gasteiger partial charge >= 0.3 is 0 Å². The van der Waals surface area contributed by atoms with E-state index in [1.807, 2.05) is 33.7 Å². The van der Waals surface area contributed by atoms with Crippen molar-refractivity contribution in [1.29, 1.82) is 0 Å². The minimum atomic E-state index is 0.158. The zero-order valence-corrected chi connectivity index (χ0v) is 9.00. The van der Waals surface area contributed by atoms with Crippen LogP contribution in [0.2, 0.25) is 0 Å². The van der Waals surface area contributed by atoms with Crippen LogP contribution >= 0.6 is 21.6 Å². The van der Waals surface area contributed by atoms with Crippen LogP contribution in [0.3, 0.4) is 0 Å². The molecule has 0 fully saturated rings. The van der Waals surface area contributed by atoms with Crippen molar-refractivity contribution < 1.29 is 4.79 Å². The van der Waals surface area contributed by atoms with Gasteiger partial charge in [-0.1, -0.05) is 33.7 Å². The van der Waals surface area contributed by atoms with Gasteiger partial charge in [0.15, 0.2) is 5.78 Å². The Morgan fingerprint density at radius 2 is 1.92 bits per heavy atom. The molecule has 0 aromatic heterocycles. The number of benzene rings is 1. The average Bonchev–Trinajstić information content (AvgIpc) is 2.17. The van der Waals surface area contributed by atoms with Crippen LogP contribution in [0.5, 0.6) is 0 Å². The van der Waals surface area contributed by atoms with Crippen LogP contribution in [0, 0.1) is 0 Å². The first kappa shape index (κ1) is 9.16. The molecule has 2 rings (SSSR count). The van der Waals surface area contributed by atoms with E-state index in [2.05, 4.69) is 6.07 Å². The molecule has 0 saturated carbocycles. The summed E-state index contributed by atoms with van der Waals surface area (Å²) < 4.78 is 0. The Hall–Kier alpha value is -0.410. The van der Waals surface area contributed by atoms with Crippen LogP contribution in [0.15, 0.2) is 18.2 Å². The van der Waals surface area contributed by atoms with E-state index < -0.39 is 0 Å². The van der Waals surface area contributed by atoms with Crippen molar-refractivity contribution >= 4 is 27.4 Å². The first-order valence-corrected chi connectivity index (χ1v) is 6.63. The molecule has 0 aliphatic carbocycles. The molecule has 1 aliphatic heterocycles. The predicted octanol–water partition coefficient (Wildman–Crippen LogP) is 3.28. The highest BCUT2D eigenvalue weighted by molar-refractivity contribution is 8.76. The molecule has 0 spiro atoms. The topological polar surface area (TPSA) is 17.1 Å². The van der Waals surface area contributed by atoms with Gasteiger partial charge in [-0.25, -0.2) is 0 Å². The SMILES string of the molecule is CC(=O)c1ccc2c(c1)CSSC2. The van der Waals surface area contributed by atoms with E-state index in [-0.39, 0.29) is 5.78 Å². The molecule has 0 amide bonds. The Labute approximate surface area is 85.7 Å². The van der Waals surface area contributed by atoms with Gasteiger partial charge in [0.05, 0.1) is 0 Å². The monoisotopic (exact) mass is 210 g/mol. The van der Waals surface area contributed by atoms with Gasteiger partial charge in [0.25, 0.3) is 0 Å². The van der Waals surface area contributed by atoms with E-state index in [0.29, 0.717) is 0 Å². The molecule has 68 valence electrons. The third-order valence-corrected chi connectivity index (χ3v) is 4.36. The largest absolute Gasteiger partial charge is 0.295 e. The maximum absolute atomic E-state index is 11.1. The maximum atomic E-state index is 11.1. The van der Waals surface area contributed by atoms with Crippen molar-refractivity contribution in [2.24, 2.45) is 0 Å². The number of fused-ring (bicyclic) bond motifs is 1. The van der Waals surface area contributed by atoms with Crippen LogP contribution < -0.4 is 0 Å². The van der Waals surface area contributed by atoms with Crippen LogP contribution in [0.25, 0.3) is 0 Å². The van der Waals surface area contributed by atoms with Gasteiger partial charge in [0.2, 0.25) is 0 Å². The first-order chi connectivity index (χ1) is 6.27. The number of carbonyl (C=O) groups is 1. The molecule has 0 atom stereocenters. The zero-order valence-electron chi connectivity index (χ0n) is 7.37. The Morgan fingerprint density at radius 1 is 1.23 bits per heavy atom. The van der Waals surface area contributed by atoms with E-state index in [0.717, 1.165) is 17.1 Å². The van der Waals surface area contributed by atoms with Gasteiger partial charge in [-0.3, -0.25) is 4.79 Å². The fraction of sp³-hybridized carbons (Fsp3) is 0.300. The number of rotatable bonds is 1. The maximum Gasteiger partial charge on any atom is 0.159 e. The fourth-order valence-electron chi connectivity index (χ4n) is 1.33. The van der Waals surface area contributed by atoms with Crippen LogP contribution in [-0.4, -0.2) is 5.78 Å². The van der Waals surface area contributed by atoms with Crippen molar-refractivity contribution in [2.75, 3.05) is 0 Å². The third-order valence-electron chi connectivity index (χ3n) is 2.12. The van der Waals surface area contributed by atoms with E-state index in [1.165, 1.54) is 11.1 Å². The van der Waals surface area contributed by atoms with E-state index in [1.54, 1.807) is 6.92 Å². The highest BCUT2D eigenvalue weighted by atomic mass is 33.1. The van der Waals surface area contributed by atoms with Gasteiger partial charge in [-0.2, -0.15) is 0 Å². The normalized spacial score (nSPS) is 15.2. The lowest BCUT2D eigenvalue weighted by atomic mass is 10.0. The van der Waals surface area contributed by atoms with Gasteiger partial charge < -0.3 is 0 Å². The van der Waals surface area contributed by atoms with E-state index in [9.17, 15) is 4.79 Å². The predicted molar refractivity (Wildman–Crippen MR) is 59.0 cm³/mol. The quantitative estimate of drug-likeness (QED) is 0.523. The van der Waals surface area contributed by atoms with Gasteiger partial charge in [-0.05, 0) is 24.1 Å². The van der Waals surface area contributed by atoms with Crippen molar-refractivity contribution in [1.82, 2.24) is 0 Å². The average molecular weight is 210 g/mol. The number of carbonyl (C=O) groups excluding carboxylic acids is 1. The molecule has 0 saturated heterocycles. The minimum absolute atomic E-state index is 0.158. The Kier molecular flexibility index (Phi) is 2.65. The lowest BCUT2D eigenvalue weighted by Gasteiger charge is -2.14. The second-order valence-corrected chi connectivity index (χ2v) is 5.53. The second kappa shape index (κ2) is 3.76. The molecule has 1 heterocycles. The molecular formula is C10H10OS2. The standard InChI is InChI=1S/C10H10OS2/c1-7(11)8-2-3-9-5-12-13-6-10(9)4-8/h2-4H,5-6H2,1H3. The summed E-state index contributed by atoms with van der Waals surface area (Å²) in [5.74, 6) is 2.25. The molecule has 1 aromatic rings. The number of ketones is 1. The van der Waals surface area contributed by atoms with Gasteiger partial charge in [-0.15, -0.1) is 0 Å². The van der Waals surface area contributed by atoms with Gasteiger partial charge in [0.1, 0.15) is 0 Å². The summed E-state index contributed by atoms with van der Waals surface area (Å²) >= 11 is 0. The molecular weight excluding hydrogens is 200 g/mol. The van der Waals surface area contributed by atoms with Crippen molar-refractivity contribution in [3.63, 3.8) is 0 Å². The summed E-state index contributed by atoms with van der Waals surface area (Å²) in [4.78, 5) is 11.1. The van der Waals surface area contributed by atoms with Crippen molar-refractivity contribution in [3.05, 3.63) is 34.9 Å². The molecule has 1 aliphatic rings. The summed E-state index contributed by atoms with van der Waals surface area (Å²) in [7, 11) is 3.75. The van der Waals surface area contributed by atoms with Crippen LogP contribution in [-0.2, 0) is 11.5 Å². The smallest absolute Gasteiger partial charge is 0.159 e. The summed E-state index contributed by atoms with van der Waals surface area (Å²) in [5.41, 5.74) is 3.55. The summed E-state index contributed by atoms with van der Waals surface area (Å²) in [5, 5.41) is 0. The first-order valence-electron chi connectivity index (χ1n) is 4.14. The molecule has 0 unspecified atom stereocenters. The number of Topliss-reactive ketones (excluding diaryl/α,β-unsaturated/α-hetero) is 1. The highest BCUT2D eigenvalue weighted by Crippen LogP contribution is 2.37. The van der Waals surface area contributed by atoms with Crippen LogP contribution in [0.1, 0.15) is 28.4 Å². The molecule has 13 heavy (non-hydrogen) atoms. The molecule has 0 radical (unpaired) electrons. The number of hydrogen-bond acceptors (Lipinski definition) is 3. The molecule has 1 aromatic carbocycles. The van der Waals surface area contributed by atoms with Crippen molar-refractivity contribution in [2.45, 2.75) is 18.4 Å². The van der Waals surface area contributed by atoms with E-state index >= 15 is 0 Å². The summed E-state index contributed by atoms with van der Waals surface area (Å²) in [6.07, 6.45) is 0. The lowest BCUT2D eigenvalue weighted by molar-refractivity contribution is 0.101. The second-order valence-electron chi connectivity index (χ2n) is 3.06. The van der Waals surface area contributed by atoms with E-state index in [4.69, 9.17) is 0 Å².